The van der Waals surface area contributed by atoms with Crippen molar-refractivity contribution in [1.29, 1.82) is 0 Å². The number of carboxylic acid groups (broad SMARTS) is 1. The molecule has 1 aliphatic carbocycles. The number of likely N-dealkylation sites (tertiary alicyclic amines) is 1. The van der Waals surface area contributed by atoms with Gasteiger partial charge in [-0.1, -0.05) is 20.3 Å². The molecule has 0 radical (unpaired) electrons. The van der Waals surface area contributed by atoms with Gasteiger partial charge >= 0.3 is 5.97 Å². The van der Waals surface area contributed by atoms with Crippen molar-refractivity contribution < 1.29 is 14.7 Å². The van der Waals surface area contributed by atoms with Crippen LogP contribution in [-0.2, 0) is 9.59 Å². The Bertz CT molecular complexity index is 364. The van der Waals surface area contributed by atoms with Gasteiger partial charge in [0.1, 0.15) is 0 Å². The molecule has 114 valence electrons. The average Bonchev–Trinajstić information content (AvgIpc) is 2.47. The van der Waals surface area contributed by atoms with Crippen molar-refractivity contribution in [3.63, 3.8) is 0 Å². The van der Waals surface area contributed by atoms with E-state index < -0.39 is 5.97 Å². The monoisotopic (exact) mass is 281 g/mol. The molecule has 1 heterocycles. The Morgan fingerprint density at radius 3 is 2.05 bits per heavy atom. The first-order valence-corrected chi connectivity index (χ1v) is 7.97. The Kier molecular flexibility index (Phi) is 4.71. The van der Waals surface area contributed by atoms with E-state index in [1.54, 1.807) is 0 Å². The number of amides is 1. The fraction of sp³-hybridized carbons (Fsp3) is 0.875. The lowest BCUT2D eigenvalue weighted by Gasteiger charge is -2.40. The Hall–Kier alpha value is -1.06. The molecule has 0 aromatic carbocycles. The van der Waals surface area contributed by atoms with Gasteiger partial charge in [-0.05, 0) is 43.9 Å². The highest BCUT2D eigenvalue weighted by molar-refractivity contribution is 5.79. The molecule has 0 bridgehead atoms. The highest BCUT2D eigenvalue weighted by Gasteiger charge is 2.35. The standard InChI is InChI=1S/C16H27NO3/c1-3-16(2)8-10-17(11-9-16)14(18)12-4-6-13(7-5-12)15(19)20/h12-13H,3-11H2,1-2H3,(H,19,20). The first kappa shape index (κ1) is 15.3. The number of piperidine rings is 1. The van der Waals surface area contributed by atoms with Gasteiger partial charge < -0.3 is 10.0 Å². The number of carboxylic acids is 1. The van der Waals surface area contributed by atoms with E-state index in [9.17, 15) is 9.59 Å². The van der Waals surface area contributed by atoms with Gasteiger partial charge in [0.2, 0.25) is 5.91 Å². The van der Waals surface area contributed by atoms with Crippen LogP contribution in [0.25, 0.3) is 0 Å². The highest BCUT2D eigenvalue weighted by Crippen LogP contribution is 2.36. The molecule has 4 heteroatoms. The van der Waals surface area contributed by atoms with E-state index in [4.69, 9.17) is 5.11 Å². The Morgan fingerprint density at radius 2 is 1.60 bits per heavy atom. The van der Waals surface area contributed by atoms with Crippen LogP contribution in [0.3, 0.4) is 0 Å². The molecule has 2 fully saturated rings. The van der Waals surface area contributed by atoms with E-state index in [2.05, 4.69) is 13.8 Å². The number of hydrogen-bond donors (Lipinski definition) is 1. The van der Waals surface area contributed by atoms with Gasteiger partial charge in [0, 0.05) is 19.0 Å². The molecule has 2 rings (SSSR count). The van der Waals surface area contributed by atoms with E-state index in [1.165, 1.54) is 6.42 Å². The molecule has 0 atom stereocenters. The van der Waals surface area contributed by atoms with E-state index in [1.807, 2.05) is 4.90 Å². The van der Waals surface area contributed by atoms with Crippen molar-refractivity contribution >= 4 is 11.9 Å². The summed E-state index contributed by atoms with van der Waals surface area (Å²) in [7, 11) is 0. The molecule has 2 aliphatic rings. The van der Waals surface area contributed by atoms with Gasteiger partial charge in [-0.15, -0.1) is 0 Å². The lowest BCUT2D eigenvalue weighted by atomic mass is 9.77. The molecular formula is C16H27NO3. The van der Waals surface area contributed by atoms with Crippen molar-refractivity contribution in [3.05, 3.63) is 0 Å². The van der Waals surface area contributed by atoms with Crippen LogP contribution in [0.1, 0.15) is 58.8 Å². The predicted octanol–water partition coefficient (Wildman–Crippen LogP) is 2.92. The number of aliphatic carboxylic acids is 1. The summed E-state index contributed by atoms with van der Waals surface area (Å²) in [5.74, 6) is -0.597. The molecule has 4 nitrogen and oxygen atoms in total. The fourth-order valence-corrected chi connectivity index (χ4v) is 3.47. The summed E-state index contributed by atoms with van der Waals surface area (Å²) in [5, 5.41) is 9.00. The lowest BCUT2D eigenvalue weighted by Crippen LogP contribution is -2.45. The summed E-state index contributed by atoms with van der Waals surface area (Å²) in [6, 6.07) is 0. The number of carbonyl (C=O) groups excluding carboxylic acids is 1. The number of nitrogens with zero attached hydrogens (tertiary/aromatic N) is 1. The van der Waals surface area contributed by atoms with Crippen LogP contribution in [0.5, 0.6) is 0 Å². The topological polar surface area (TPSA) is 57.6 Å². The SMILES string of the molecule is CCC1(C)CCN(C(=O)C2CCC(C(=O)O)CC2)CC1. The van der Waals surface area contributed by atoms with Gasteiger partial charge in [-0.2, -0.15) is 0 Å². The third kappa shape index (κ3) is 3.33. The van der Waals surface area contributed by atoms with Gasteiger partial charge in [-0.25, -0.2) is 0 Å². The second kappa shape index (κ2) is 6.15. The van der Waals surface area contributed by atoms with Crippen LogP contribution in [-0.4, -0.2) is 35.0 Å². The summed E-state index contributed by atoms with van der Waals surface area (Å²) in [6.07, 6.45) is 6.19. The van der Waals surface area contributed by atoms with Crippen LogP contribution in [0.15, 0.2) is 0 Å². The van der Waals surface area contributed by atoms with Gasteiger partial charge in [-0.3, -0.25) is 9.59 Å². The molecule has 1 aliphatic heterocycles. The minimum Gasteiger partial charge on any atom is -0.481 e. The fourth-order valence-electron chi connectivity index (χ4n) is 3.47. The smallest absolute Gasteiger partial charge is 0.306 e. The maximum absolute atomic E-state index is 12.5. The zero-order chi connectivity index (χ0) is 14.8. The minimum absolute atomic E-state index is 0.0663. The maximum atomic E-state index is 12.5. The number of hydrogen-bond acceptors (Lipinski definition) is 2. The molecule has 0 spiro atoms. The zero-order valence-electron chi connectivity index (χ0n) is 12.7. The Morgan fingerprint density at radius 1 is 1.10 bits per heavy atom. The summed E-state index contributed by atoms with van der Waals surface area (Å²) in [4.78, 5) is 25.5. The molecule has 0 aromatic heterocycles. The van der Waals surface area contributed by atoms with E-state index >= 15 is 0 Å². The molecule has 20 heavy (non-hydrogen) atoms. The third-order valence-electron chi connectivity index (χ3n) is 5.56. The summed E-state index contributed by atoms with van der Waals surface area (Å²) < 4.78 is 0. The second-order valence-electron chi connectivity index (χ2n) is 6.88. The molecular weight excluding hydrogens is 254 g/mol. The second-order valence-corrected chi connectivity index (χ2v) is 6.88. The van der Waals surface area contributed by atoms with E-state index in [0.717, 1.165) is 38.8 Å². The van der Waals surface area contributed by atoms with E-state index in [0.29, 0.717) is 18.3 Å². The largest absolute Gasteiger partial charge is 0.481 e. The first-order valence-electron chi connectivity index (χ1n) is 7.97. The van der Waals surface area contributed by atoms with Gasteiger partial charge in [0.15, 0.2) is 0 Å². The van der Waals surface area contributed by atoms with Crippen molar-refractivity contribution in [2.24, 2.45) is 17.3 Å². The van der Waals surface area contributed by atoms with Crippen LogP contribution in [0, 0.1) is 17.3 Å². The zero-order valence-corrected chi connectivity index (χ0v) is 12.7. The van der Waals surface area contributed by atoms with Crippen molar-refractivity contribution in [2.45, 2.75) is 58.8 Å². The average molecular weight is 281 g/mol. The highest BCUT2D eigenvalue weighted by atomic mass is 16.4. The molecule has 0 aromatic rings. The number of rotatable bonds is 3. The van der Waals surface area contributed by atoms with Crippen LogP contribution in [0.4, 0.5) is 0 Å². The van der Waals surface area contributed by atoms with Gasteiger partial charge in [0.25, 0.3) is 0 Å². The van der Waals surface area contributed by atoms with Crippen molar-refractivity contribution in [3.8, 4) is 0 Å². The number of carbonyl (C=O) groups is 2. The normalized spacial score (nSPS) is 30.0. The van der Waals surface area contributed by atoms with Crippen LogP contribution < -0.4 is 0 Å². The first-order chi connectivity index (χ1) is 9.45. The maximum Gasteiger partial charge on any atom is 0.306 e. The third-order valence-corrected chi connectivity index (χ3v) is 5.56. The lowest BCUT2D eigenvalue weighted by molar-refractivity contribution is -0.146. The molecule has 1 saturated carbocycles. The van der Waals surface area contributed by atoms with Gasteiger partial charge in [0.05, 0.1) is 5.92 Å². The Labute approximate surface area is 121 Å². The van der Waals surface area contributed by atoms with Crippen molar-refractivity contribution in [2.75, 3.05) is 13.1 Å². The summed E-state index contributed by atoms with van der Waals surface area (Å²) in [5.41, 5.74) is 0.401. The van der Waals surface area contributed by atoms with E-state index in [-0.39, 0.29) is 17.7 Å². The van der Waals surface area contributed by atoms with Crippen molar-refractivity contribution in [1.82, 2.24) is 4.90 Å². The quantitative estimate of drug-likeness (QED) is 0.865. The predicted molar refractivity (Wildman–Crippen MR) is 77.3 cm³/mol. The molecule has 1 N–H and O–H groups in total. The Balaban J connectivity index is 1.83. The summed E-state index contributed by atoms with van der Waals surface area (Å²) >= 11 is 0. The molecule has 1 amide bonds. The minimum atomic E-state index is -0.701. The van der Waals surface area contributed by atoms with Crippen LogP contribution in [0.2, 0.25) is 0 Å². The summed E-state index contributed by atoms with van der Waals surface area (Å²) in [6.45, 7) is 6.29. The van der Waals surface area contributed by atoms with Crippen LogP contribution >= 0.6 is 0 Å². The molecule has 0 unspecified atom stereocenters. The molecule has 1 saturated heterocycles.